The third-order valence-electron chi connectivity index (χ3n) is 2.81. The van der Waals surface area contributed by atoms with Gasteiger partial charge in [0.05, 0.1) is 0 Å². The second-order valence-electron chi connectivity index (χ2n) is 4.67. The van der Waals surface area contributed by atoms with Crippen molar-refractivity contribution in [3.63, 3.8) is 0 Å². The molecule has 0 spiro atoms. The molecule has 0 saturated carbocycles. The highest BCUT2D eigenvalue weighted by Crippen LogP contribution is 2.13. The molecule has 7 heteroatoms. The number of nitrogens with one attached hydrogen (secondary N) is 1. The first kappa shape index (κ1) is 17.8. The molecule has 1 N–H and O–H groups in total. The highest BCUT2D eigenvalue weighted by Gasteiger charge is 2.08. The van der Waals surface area contributed by atoms with Crippen LogP contribution in [-0.4, -0.2) is 18.5 Å². The van der Waals surface area contributed by atoms with Gasteiger partial charge in [-0.05, 0) is 35.9 Å². The van der Waals surface area contributed by atoms with Gasteiger partial charge in [-0.1, -0.05) is 28.1 Å². The summed E-state index contributed by atoms with van der Waals surface area (Å²) in [5, 5.41) is 2.29. The fourth-order valence-electron chi connectivity index (χ4n) is 1.73. The van der Waals surface area contributed by atoms with Crippen LogP contribution in [0.1, 0.15) is 5.56 Å². The molecular formula is C17H12BrF2NO3. The molecule has 1 amide bonds. The van der Waals surface area contributed by atoms with E-state index in [9.17, 15) is 18.4 Å². The quantitative estimate of drug-likeness (QED) is 0.616. The van der Waals surface area contributed by atoms with Gasteiger partial charge in [0.15, 0.2) is 18.2 Å². The summed E-state index contributed by atoms with van der Waals surface area (Å²) in [6, 6.07) is 10.2. The Kier molecular flexibility index (Phi) is 6.20. The molecule has 0 heterocycles. The van der Waals surface area contributed by atoms with E-state index < -0.39 is 30.1 Å². The monoisotopic (exact) mass is 395 g/mol. The number of hydrogen-bond acceptors (Lipinski definition) is 3. The van der Waals surface area contributed by atoms with Crippen molar-refractivity contribution in [3.8, 4) is 0 Å². The van der Waals surface area contributed by atoms with Crippen molar-refractivity contribution in [2.45, 2.75) is 0 Å². The summed E-state index contributed by atoms with van der Waals surface area (Å²) in [7, 11) is 0. The van der Waals surface area contributed by atoms with E-state index in [2.05, 4.69) is 21.2 Å². The minimum absolute atomic E-state index is 0.0691. The van der Waals surface area contributed by atoms with Crippen LogP contribution in [-0.2, 0) is 14.3 Å². The van der Waals surface area contributed by atoms with Crippen LogP contribution in [0.5, 0.6) is 0 Å². The molecule has 0 aliphatic rings. The van der Waals surface area contributed by atoms with Crippen molar-refractivity contribution in [2.75, 3.05) is 11.9 Å². The first-order chi connectivity index (χ1) is 11.4. The molecule has 24 heavy (non-hydrogen) atoms. The van der Waals surface area contributed by atoms with E-state index in [1.54, 1.807) is 18.2 Å². The Hall–Kier alpha value is -2.54. The van der Waals surface area contributed by atoms with Gasteiger partial charge in [0.1, 0.15) is 0 Å². The molecule has 0 fully saturated rings. The van der Waals surface area contributed by atoms with Gasteiger partial charge in [-0.15, -0.1) is 0 Å². The standard InChI is InChI=1S/C17H12BrF2NO3/c18-12-3-1-2-11(8-12)4-7-17(23)24-10-16(22)21-13-5-6-14(19)15(20)9-13/h1-9H,10H2,(H,21,22)/b7-4+. The Bertz CT molecular complexity index is 793. The summed E-state index contributed by atoms with van der Waals surface area (Å²) in [6.45, 7) is -0.541. The van der Waals surface area contributed by atoms with Crippen LogP contribution < -0.4 is 5.32 Å². The number of amides is 1. The van der Waals surface area contributed by atoms with Crippen molar-refractivity contribution in [2.24, 2.45) is 0 Å². The lowest BCUT2D eigenvalue weighted by Crippen LogP contribution is -2.20. The topological polar surface area (TPSA) is 55.4 Å². The summed E-state index contributed by atoms with van der Waals surface area (Å²) in [5.74, 6) is -3.46. The van der Waals surface area contributed by atoms with E-state index in [0.717, 1.165) is 22.2 Å². The summed E-state index contributed by atoms with van der Waals surface area (Å²) in [6.07, 6.45) is 2.73. The normalized spacial score (nSPS) is 10.6. The number of anilines is 1. The zero-order chi connectivity index (χ0) is 17.5. The van der Waals surface area contributed by atoms with Crippen molar-refractivity contribution < 1.29 is 23.1 Å². The van der Waals surface area contributed by atoms with Gasteiger partial charge in [-0.25, -0.2) is 13.6 Å². The Labute approximate surface area is 145 Å². The van der Waals surface area contributed by atoms with E-state index in [1.165, 1.54) is 12.1 Å². The lowest BCUT2D eigenvalue weighted by atomic mass is 10.2. The molecule has 0 radical (unpaired) electrons. The van der Waals surface area contributed by atoms with Crippen LogP contribution in [0.15, 0.2) is 53.0 Å². The smallest absolute Gasteiger partial charge is 0.331 e. The number of halogens is 3. The van der Waals surface area contributed by atoms with Gasteiger partial charge < -0.3 is 10.1 Å². The zero-order valence-electron chi connectivity index (χ0n) is 12.3. The van der Waals surface area contributed by atoms with Crippen LogP contribution in [0.4, 0.5) is 14.5 Å². The molecule has 124 valence electrons. The Morgan fingerprint density at radius 3 is 2.62 bits per heavy atom. The summed E-state index contributed by atoms with van der Waals surface area (Å²) in [4.78, 5) is 23.1. The second kappa shape index (κ2) is 8.35. The number of carbonyl (C=O) groups excluding carboxylic acids is 2. The fourth-order valence-corrected chi connectivity index (χ4v) is 2.15. The van der Waals surface area contributed by atoms with E-state index in [1.807, 2.05) is 12.1 Å². The number of benzene rings is 2. The maximum Gasteiger partial charge on any atom is 0.331 e. The highest BCUT2D eigenvalue weighted by molar-refractivity contribution is 9.10. The van der Waals surface area contributed by atoms with E-state index >= 15 is 0 Å². The Morgan fingerprint density at radius 1 is 1.12 bits per heavy atom. The molecule has 0 atom stereocenters. The van der Waals surface area contributed by atoms with E-state index in [4.69, 9.17) is 4.74 Å². The van der Waals surface area contributed by atoms with Crippen LogP contribution in [0.25, 0.3) is 6.08 Å². The summed E-state index contributed by atoms with van der Waals surface area (Å²) >= 11 is 3.31. The van der Waals surface area contributed by atoms with Gasteiger partial charge in [-0.3, -0.25) is 4.79 Å². The first-order valence-corrected chi connectivity index (χ1v) is 7.58. The lowest BCUT2D eigenvalue weighted by molar-refractivity contribution is -0.142. The second-order valence-corrected chi connectivity index (χ2v) is 5.59. The molecule has 0 unspecified atom stereocenters. The zero-order valence-corrected chi connectivity index (χ0v) is 13.8. The van der Waals surface area contributed by atoms with Crippen molar-refractivity contribution in [1.29, 1.82) is 0 Å². The van der Waals surface area contributed by atoms with Gasteiger partial charge in [0, 0.05) is 22.3 Å². The fraction of sp³-hybridized carbons (Fsp3) is 0.0588. The highest BCUT2D eigenvalue weighted by atomic mass is 79.9. The van der Waals surface area contributed by atoms with Crippen LogP contribution in [0, 0.1) is 11.6 Å². The third-order valence-corrected chi connectivity index (χ3v) is 3.30. The molecular weight excluding hydrogens is 384 g/mol. The number of esters is 1. The van der Waals surface area contributed by atoms with Gasteiger partial charge >= 0.3 is 5.97 Å². The van der Waals surface area contributed by atoms with Crippen molar-refractivity contribution in [1.82, 2.24) is 0 Å². The molecule has 0 aromatic heterocycles. The van der Waals surface area contributed by atoms with Crippen molar-refractivity contribution in [3.05, 3.63) is 70.2 Å². The maximum absolute atomic E-state index is 13.0. The van der Waals surface area contributed by atoms with Gasteiger partial charge in [0.2, 0.25) is 0 Å². The van der Waals surface area contributed by atoms with E-state index in [0.29, 0.717) is 0 Å². The largest absolute Gasteiger partial charge is 0.452 e. The average Bonchev–Trinajstić information content (AvgIpc) is 2.54. The molecule has 4 nitrogen and oxygen atoms in total. The molecule has 0 bridgehead atoms. The Balaban J connectivity index is 1.82. The average molecular weight is 396 g/mol. The molecule has 0 aliphatic heterocycles. The minimum atomic E-state index is -1.08. The molecule has 2 aromatic rings. The van der Waals surface area contributed by atoms with Gasteiger partial charge in [0.25, 0.3) is 5.91 Å². The maximum atomic E-state index is 13.0. The number of ether oxygens (including phenoxy) is 1. The number of rotatable bonds is 5. The molecule has 2 rings (SSSR count). The summed E-state index contributed by atoms with van der Waals surface area (Å²) in [5.41, 5.74) is 0.854. The number of hydrogen-bond donors (Lipinski definition) is 1. The lowest BCUT2D eigenvalue weighted by Gasteiger charge is -2.05. The van der Waals surface area contributed by atoms with Crippen LogP contribution in [0.2, 0.25) is 0 Å². The minimum Gasteiger partial charge on any atom is -0.452 e. The molecule has 0 aliphatic carbocycles. The van der Waals surface area contributed by atoms with Gasteiger partial charge in [-0.2, -0.15) is 0 Å². The Morgan fingerprint density at radius 2 is 1.92 bits per heavy atom. The predicted molar refractivity (Wildman–Crippen MR) is 89.1 cm³/mol. The summed E-state index contributed by atoms with van der Waals surface area (Å²) < 4.78 is 31.4. The predicted octanol–water partition coefficient (Wildman–Crippen LogP) is 3.92. The molecule has 2 aromatic carbocycles. The SMILES string of the molecule is O=C(COC(=O)/C=C/c1cccc(Br)c1)Nc1ccc(F)c(F)c1. The third kappa shape index (κ3) is 5.58. The van der Waals surface area contributed by atoms with E-state index in [-0.39, 0.29) is 5.69 Å². The van der Waals surface area contributed by atoms with Crippen molar-refractivity contribution >= 4 is 39.6 Å². The first-order valence-electron chi connectivity index (χ1n) is 6.79. The van der Waals surface area contributed by atoms with Crippen LogP contribution >= 0.6 is 15.9 Å². The number of carbonyl (C=O) groups is 2. The van der Waals surface area contributed by atoms with Crippen LogP contribution in [0.3, 0.4) is 0 Å². The molecule has 0 saturated heterocycles.